The fraction of sp³-hybridized carbons (Fsp3) is 1.00. The summed E-state index contributed by atoms with van der Waals surface area (Å²) in [6.07, 6.45) is 11.0. The smallest absolute Gasteiger partial charge is 0.0213 e. The Morgan fingerprint density at radius 1 is 0.667 bits per heavy atom. The van der Waals surface area contributed by atoms with Crippen molar-refractivity contribution >= 4 is 0 Å². The van der Waals surface area contributed by atoms with Crippen molar-refractivity contribution in [1.82, 2.24) is 5.73 Å². The lowest BCUT2D eigenvalue weighted by Gasteiger charge is -2.29. The Balaban J connectivity index is 1.80. The van der Waals surface area contributed by atoms with E-state index in [-0.39, 0.29) is 6.04 Å². The molecule has 1 heteroatoms. The fourth-order valence-electron chi connectivity index (χ4n) is 3.02. The molecule has 1 N–H and O–H groups in total. The normalized spacial score (nSPS) is 38.8. The Hall–Kier alpha value is -0.0400. The summed E-state index contributed by atoms with van der Waals surface area (Å²) in [7, 11) is 0. The van der Waals surface area contributed by atoms with Gasteiger partial charge in [0.15, 0.2) is 0 Å². The molecule has 0 saturated heterocycles. The first-order valence-electron chi connectivity index (χ1n) is 5.57. The highest BCUT2D eigenvalue weighted by Crippen LogP contribution is 2.38. The van der Waals surface area contributed by atoms with E-state index in [4.69, 9.17) is 5.73 Å². The molecule has 0 aromatic carbocycles. The van der Waals surface area contributed by atoms with Gasteiger partial charge < -0.3 is 0 Å². The Labute approximate surface area is 75.7 Å². The molecule has 0 aromatic rings. The highest BCUT2D eigenvalue weighted by molar-refractivity contribution is 4.81. The van der Waals surface area contributed by atoms with Crippen LogP contribution >= 0.6 is 0 Å². The minimum atomic E-state index is 0.280. The van der Waals surface area contributed by atoms with Crippen LogP contribution in [0.15, 0.2) is 0 Å². The molecule has 0 spiro atoms. The molecule has 12 heavy (non-hydrogen) atoms. The molecular formula is C11H20N. The SMILES string of the molecule is [NH]C1CCC(C2CCCC2)CC1. The molecule has 2 rings (SSSR count). The number of nitrogens with one attached hydrogen (secondary N) is 1. The molecule has 69 valence electrons. The average molecular weight is 166 g/mol. The molecule has 0 heterocycles. The van der Waals surface area contributed by atoms with Gasteiger partial charge in [0, 0.05) is 6.04 Å². The summed E-state index contributed by atoms with van der Waals surface area (Å²) in [5, 5.41) is 0. The summed E-state index contributed by atoms with van der Waals surface area (Å²) in [6, 6.07) is 0.280. The quantitative estimate of drug-likeness (QED) is 0.572. The Morgan fingerprint density at radius 2 is 1.17 bits per heavy atom. The van der Waals surface area contributed by atoms with E-state index in [1.54, 1.807) is 0 Å². The summed E-state index contributed by atoms with van der Waals surface area (Å²) in [5.74, 6) is 2.06. The van der Waals surface area contributed by atoms with Gasteiger partial charge >= 0.3 is 0 Å². The Kier molecular flexibility index (Phi) is 2.69. The van der Waals surface area contributed by atoms with Gasteiger partial charge in [-0.3, -0.25) is 5.73 Å². The van der Waals surface area contributed by atoms with Crippen LogP contribution in [0.5, 0.6) is 0 Å². The number of hydrogen-bond donors (Lipinski definition) is 0. The largest absolute Gasteiger partial charge is 0.255 e. The summed E-state index contributed by atoms with van der Waals surface area (Å²) in [5.41, 5.74) is 7.63. The van der Waals surface area contributed by atoms with Crippen molar-refractivity contribution in [1.29, 1.82) is 0 Å². The van der Waals surface area contributed by atoms with Crippen LogP contribution in [0.4, 0.5) is 0 Å². The molecule has 2 aliphatic rings. The van der Waals surface area contributed by atoms with Crippen LogP contribution in [0.1, 0.15) is 51.4 Å². The summed E-state index contributed by atoms with van der Waals surface area (Å²) < 4.78 is 0. The van der Waals surface area contributed by atoms with E-state index in [2.05, 4.69) is 0 Å². The molecule has 2 fully saturated rings. The first-order valence-corrected chi connectivity index (χ1v) is 5.57. The van der Waals surface area contributed by atoms with E-state index in [1.165, 1.54) is 51.4 Å². The second-order valence-electron chi connectivity index (χ2n) is 4.66. The van der Waals surface area contributed by atoms with Gasteiger partial charge in [0.2, 0.25) is 0 Å². The predicted molar refractivity (Wildman–Crippen MR) is 50.8 cm³/mol. The van der Waals surface area contributed by atoms with E-state index < -0.39 is 0 Å². The molecule has 2 saturated carbocycles. The van der Waals surface area contributed by atoms with Gasteiger partial charge in [-0.15, -0.1) is 0 Å². The van der Waals surface area contributed by atoms with Gasteiger partial charge in [0.05, 0.1) is 0 Å². The second kappa shape index (κ2) is 3.78. The van der Waals surface area contributed by atoms with Crippen LogP contribution in [0, 0.1) is 11.8 Å². The Morgan fingerprint density at radius 3 is 1.75 bits per heavy atom. The molecule has 0 bridgehead atoms. The van der Waals surface area contributed by atoms with E-state index in [0.717, 1.165) is 11.8 Å². The molecule has 1 radical (unpaired) electrons. The third kappa shape index (κ3) is 1.82. The fourth-order valence-corrected chi connectivity index (χ4v) is 3.02. The molecule has 0 amide bonds. The van der Waals surface area contributed by atoms with Gasteiger partial charge in [0.25, 0.3) is 0 Å². The average Bonchev–Trinajstić information content (AvgIpc) is 2.58. The lowest BCUT2D eigenvalue weighted by molar-refractivity contribution is 0.233. The lowest BCUT2D eigenvalue weighted by Crippen LogP contribution is -2.23. The monoisotopic (exact) mass is 166 g/mol. The van der Waals surface area contributed by atoms with Crippen LogP contribution in [-0.2, 0) is 0 Å². The molecule has 0 aromatic heterocycles. The highest BCUT2D eigenvalue weighted by Gasteiger charge is 2.28. The zero-order chi connectivity index (χ0) is 8.39. The van der Waals surface area contributed by atoms with Gasteiger partial charge in [0.1, 0.15) is 0 Å². The number of rotatable bonds is 1. The van der Waals surface area contributed by atoms with E-state index in [9.17, 15) is 0 Å². The van der Waals surface area contributed by atoms with Crippen molar-refractivity contribution in [2.45, 2.75) is 57.4 Å². The van der Waals surface area contributed by atoms with Crippen LogP contribution in [0.3, 0.4) is 0 Å². The van der Waals surface area contributed by atoms with Gasteiger partial charge in [-0.2, -0.15) is 0 Å². The van der Waals surface area contributed by atoms with Crippen LogP contribution in [0.2, 0.25) is 0 Å². The molecule has 0 aliphatic heterocycles. The van der Waals surface area contributed by atoms with E-state index in [0.29, 0.717) is 0 Å². The first-order chi connectivity index (χ1) is 5.86. The maximum Gasteiger partial charge on any atom is 0.0213 e. The third-order valence-electron chi connectivity index (χ3n) is 3.84. The third-order valence-corrected chi connectivity index (χ3v) is 3.84. The second-order valence-corrected chi connectivity index (χ2v) is 4.66. The van der Waals surface area contributed by atoms with E-state index >= 15 is 0 Å². The van der Waals surface area contributed by atoms with Crippen molar-refractivity contribution in [3.05, 3.63) is 0 Å². The maximum absolute atomic E-state index is 7.63. The topological polar surface area (TPSA) is 23.8 Å². The van der Waals surface area contributed by atoms with Crippen molar-refractivity contribution in [2.24, 2.45) is 11.8 Å². The number of hydrogen-bond acceptors (Lipinski definition) is 0. The summed E-state index contributed by atoms with van der Waals surface area (Å²) in [4.78, 5) is 0. The minimum Gasteiger partial charge on any atom is -0.255 e. The summed E-state index contributed by atoms with van der Waals surface area (Å²) >= 11 is 0. The van der Waals surface area contributed by atoms with Crippen molar-refractivity contribution in [2.75, 3.05) is 0 Å². The lowest BCUT2D eigenvalue weighted by atomic mass is 9.78. The zero-order valence-electron chi connectivity index (χ0n) is 7.89. The first kappa shape index (κ1) is 8.55. The molecule has 2 aliphatic carbocycles. The Bertz CT molecular complexity index is 130. The molecular weight excluding hydrogens is 146 g/mol. The van der Waals surface area contributed by atoms with Crippen molar-refractivity contribution in [3.8, 4) is 0 Å². The zero-order valence-corrected chi connectivity index (χ0v) is 7.89. The molecule has 0 unspecified atom stereocenters. The molecule has 0 atom stereocenters. The van der Waals surface area contributed by atoms with Crippen LogP contribution in [0.25, 0.3) is 0 Å². The van der Waals surface area contributed by atoms with Crippen molar-refractivity contribution < 1.29 is 0 Å². The van der Waals surface area contributed by atoms with Gasteiger partial charge in [-0.05, 0) is 37.5 Å². The van der Waals surface area contributed by atoms with Crippen LogP contribution in [-0.4, -0.2) is 6.04 Å². The van der Waals surface area contributed by atoms with Gasteiger partial charge in [-0.1, -0.05) is 25.7 Å². The van der Waals surface area contributed by atoms with Crippen molar-refractivity contribution in [3.63, 3.8) is 0 Å². The van der Waals surface area contributed by atoms with E-state index in [1.807, 2.05) is 0 Å². The van der Waals surface area contributed by atoms with Gasteiger partial charge in [-0.25, -0.2) is 0 Å². The minimum absolute atomic E-state index is 0.280. The molecule has 1 nitrogen and oxygen atoms in total. The predicted octanol–water partition coefficient (Wildman–Crippen LogP) is 3.02. The standard InChI is InChI=1S/C11H20N/c12-11-7-5-10(6-8-11)9-3-1-2-4-9/h9-12H,1-8H2. The van der Waals surface area contributed by atoms with Crippen LogP contribution < -0.4 is 5.73 Å². The maximum atomic E-state index is 7.63. The summed E-state index contributed by atoms with van der Waals surface area (Å²) in [6.45, 7) is 0. The highest BCUT2D eigenvalue weighted by atomic mass is 14.6.